The second-order valence-electron chi connectivity index (χ2n) is 6.93. The molecule has 0 bridgehead atoms. The van der Waals surface area contributed by atoms with Gasteiger partial charge in [0, 0.05) is 5.54 Å². The molecule has 0 radical (unpaired) electrons. The zero-order valence-electron chi connectivity index (χ0n) is 13.4. The average molecular weight is 313 g/mol. The van der Waals surface area contributed by atoms with Gasteiger partial charge in [0.15, 0.2) is 0 Å². The van der Waals surface area contributed by atoms with Gasteiger partial charge >= 0.3 is 6.09 Å². The highest BCUT2D eigenvalue weighted by Gasteiger charge is 2.17. The summed E-state index contributed by atoms with van der Waals surface area (Å²) in [7, 11) is 0. The van der Waals surface area contributed by atoms with Gasteiger partial charge < -0.3 is 10.5 Å². The van der Waals surface area contributed by atoms with Crippen LogP contribution >= 0.6 is 11.6 Å². The van der Waals surface area contributed by atoms with Crippen molar-refractivity contribution in [2.45, 2.75) is 58.6 Å². The summed E-state index contributed by atoms with van der Waals surface area (Å²) in [5, 5.41) is 3.16. The molecule has 0 unspecified atom stereocenters. The smallest absolute Gasteiger partial charge is 0.412 e. The van der Waals surface area contributed by atoms with E-state index >= 15 is 0 Å². The van der Waals surface area contributed by atoms with E-state index in [2.05, 4.69) is 5.32 Å². The highest BCUT2D eigenvalue weighted by molar-refractivity contribution is 6.33. The van der Waals surface area contributed by atoms with E-state index in [1.165, 1.54) is 0 Å². The Morgan fingerprint density at radius 1 is 1.29 bits per heavy atom. The minimum absolute atomic E-state index is 0.224. The van der Waals surface area contributed by atoms with Crippen LogP contribution in [0.5, 0.6) is 0 Å². The number of anilines is 1. The van der Waals surface area contributed by atoms with E-state index in [9.17, 15) is 4.79 Å². The SMILES string of the molecule is CC(C)(N)CCc1ccc(Cl)c(NC(=O)OC(C)(C)C)c1. The van der Waals surface area contributed by atoms with Gasteiger partial charge in [0.25, 0.3) is 0 Å². The fraction of sp³-hybridized carbons (Fsp3) is 0.562. The van der Waals surface area contributed by atoms with Crippen molar-refractivity contribution in [2.24, 2.45) is 5.73 Å². The number of amides is 1. The maximum atomic E-state index is 11.8. The molecular formula is C16H25ClN2O2. The van der Waals surface area contributed by atoms with Crippen molar-refractivity contribution in [2.75, 3.05) is 5.32 Å². The number of hydrogen-bond donors (Lipinski definition) is 2. The number of aryl methyl sites for hydroxylation is 1. The minimum Gasteiger partial charge on any atom is -0.444 e. The maximum absolute atomic E-state index is 11.8. The molecule has 4 nitrogen and oxygen atoms in total. The zero-order valence-corrected chi connectivity index (χ0v) is 14.2. The summed E-state index contributed by atoms with van der Waals surface area (Å²) in [5.74, 6) is 0. The van der Waals surface area contributed by atoms with E-state index in [0.717, 1.165) is 18.4 Å². The van der Waals surface area contributed by atoms with Crippen molar-refractivity contribution in [3.05, 3.63) is 28.8 Å². The number of hydrogen-bond acceptors (Lipinski definition) is 3. The predicted molar refractivity (Wildman–Crippen MR) is 87.9 cm³/mol. The maximum Gasteiger partial charge on any atom is 0.412 e. The predicted octanol–water partition coefficient (Wildman–Crippen LogP) is 4.36. The lowest BCUT2D eigenvalue weighted by Crippen LogP contribution is -2.32. The van der Waals surface area contributed by atoms with Crippen LogP contribution in [0.2, 0.25) is 5.02 Å². The van der Waals surface area contributed by atoms with Crippen LogP contribution < -0.4 is 11.1 Å². The number of carbonyl (C=O) groups is 1. The molecule has 0 spiro atoms. The van der Waals surface area contributed by atoms with Crippen LogP contribution in [-0.4, -0.2) is 17.2 Å². The minimum atomic E-state index is -0.544. The summed E-state index contributed by atoms with van der Waals surface area (Å²) in [5.41, 5.74) is 6.84. The Hall–Kier alpha value is -1.26. The van der Waals surface area contributed by atoms with Gasteiger partial charge in [-0.05, 0) is 65.2 Å². The third-order valence-electron chi connectivity index (χ3n) is 2.72. The van der Waals surface area contributed by atoms with Crippen molar-refractivity contribution < 1.29 is 9.53 Å². The Bertz CT molecular complexity index is 502. The number of nitrogens with two attached hydrogens (primary N) is 1. The van der Waals surface area contributed by atoms with Crippen molar-refractivity contribution in [1.29, 1.82) is 0 Å². The van der Waals surface area contributed by atoms with E-state index < -0.39 is 11.7 Å². The molecule has 1 aromatic carbocycles. The van der Waals surface area contributed by atoms with Crippen molar-refractivity contribution in [3.63, 3.8) is 0 Å². The lowest BCUT2D eigenvalue weighted by Gasteiger charge is -2.20. The molecule has 0 heterocycles. The highest BCUT2D eigenvalue weighted by atomic mass is 35.5. The molecule has 0 saturated heterocycles. The van der Waals surface area contributed by atoms with Crippen molar-refractivity contribution in [1.82, 2.24) is 0 Å². The number of nitrogens with one attached hydrogen (secondary N) is 1. The quantitative estimate of drug-likeness (QED) is 0.868. The molecule has 0 aliphatic heterocycles. The zero-order chi connectivity index (χ0) is 16.3. The van der Waals surface area contributed by atoms with Gasteiger partial charge in [0.05, 0.1) is 10.7 Å². The number of ether oxygens (including phenoxy) is 1. The average Bonchev–Trinajstić information content (AvgIpc) is 2.26. The molecular weight excluding hydrogens is 288 g/mol. The molecule has 21 heavy (non-hydrogen) atoms. The van der Waals surface area contributed by atoms with Crippen LogP contribution in [0.15, 0.2) is 18.2 Å². The summed E-state index contributed by atoms with van der Waals surface area (Å²) in [6, 6.07) is 5.57. The molecule has 0 saturated carbocycles. The first kappa shape index (κ1) is 17.8. The standard InChI is InChI=1S/C16H25ClN2O2/c1-15(2,3)21-14(20)19-13-10-11(6-7-12(13)17)8-9-16(4,5)18/h6-7,10H,8-9,18H2,1-5H3,(H,19,20). The van der Waals surface area contributed by atoms with E-state index in [4.69, 9.17) is 22.1 Å². The van der Waals surface area contributed by atoms with Crippen LogP contribution in [0.4, 0.5) is 10.5 Å². The Morgan fingerprint density at radius 2 is 1.90 bits per heavy atom. The second-order valence-corrected chi connectivity index (χ2v) is 7.34. The molecule has 0 aliphatic rings. The first-order chi connectivity index (χ1) is 9.46. The first-order valence-electron chi connectivity index (χ1n) is 7.04. The molecule has 0 aliphatic carbocycles. The Morgan fingerprint density at radius 3 is 2.43 bits per heavy atom. The third-order valence-corrected chi connectivity index (χ3v) is 3.05. The molecule has 1 rings (SSSR count). The van der Waals surface area contributed by atoms with Gasteiger partial charge in [-0.15, -0.1) is 0 Å². The van der Waals surface area contributed by atoms with Gasteiger partial charge in [0.2, 0.25) is 0 Å². The van der Waals surface area contributed by atoms with E-state index in [-0.39, 0.29) is 5.54 Å². The Kier molecular flexibility index (Phi) is 5.65. The Balaban J connectivity index is 2.76. The van der Waals surface area contributed by atoms with Crippen LogP contribution in [0, 0.1) is 0 Å². The van der Waals surface area contributed by atoms with Crippen molar-refractivity contribution >= 4 is 23.4 Å². The van der Waals surface area contributed by atoms with Crippen LogP contribution in [0.1, 0.15) is 46.6 Å². The lowest BCUT2D eigenvalue weighted by atomic mass is 9.96. The van der Waals surface area contributed by atoms with Crippen LogP contribution in [0.3, 0.4) is 0 Å². The van der Waals surface area contributed by atoms with Gasteiger partial charge in [-0.1, -0.05) is 17.7 Å². The third kappa shape index (κ3) is 7.34. The number of rotatable bonds is 4. The van der Waals surface area contributed by atoms with Gasteiger partial charge in [-0.25, -0.2) is 4.79 Å². The van der Waals surface area contributed by atoms with Gasteiger partial charge in [0.1, 0.15) is 5.60 Å². The molecule has 5 heteroatoms. The summed E-state index contributed by atoms with van der Waals surface area (Å²) in [4.78, 5) is 11.8. The summed E-state index contributed by atoms with van der Waals surface area (Å²) in [6.45, 7) is 9.42. The summed E-state index contributed by atoms with van der Waals surface area (Å²) >= 11 is 6.11. The highest BCUT2D eigenvalue weighted by Crippen LogP contribution is 2.25. The number of benzene rings is 1. The van der Waals surface area contributed by atoms with E-state index in [0.29, 0.717) is 10.7 Å². The number of carbonyl (C=O) groups excluding carboxylic acids is 1. The molecule has 118 valence electrons. The second kappa shape index (κ2) is 6.67. The number of halogens is 1. The van der Waals surface area contributed by atoms with E-state index in [1.54, 1.807) is 6.07 Å². The van der Waals surface area contributed by atoms with Gasteiger partial charge in [-0.3, -0.25) is 5.32 Å². The van der Waals surface area contributed by atoms with Gasteiger partial charge in [-0.2, -0.15) is 0 Å². The lowest BCUT2D eigenvalue weighted by molar-refractivity contribution is 0.0636. The molecule has 1 amide bonds. The molecule has 3 N–H and O–H groups in total. The molecule has 1 aromatic rings. The van der Waals surface area contributed by atoms with Crippen LogP contribution in [0.25, 0.3) is 0 Å². The topological polar surface area (TPSA) is 64.3 Å². The largest absolute Gasteiger partial charge is 0.444 e. The first-order valence-corrected chi connectivity index (χ1v) is 7.41. The fourth-order valence-corrected chi connectivity index (χ4v) is 1.87. The molecule has 0 atom stereocenters. The Labute approximate surface area is 132 Å². The van der Waals surface area contributed by atoms with Crippen molar-refractivity contribution in [3.8, 4) is 0 Å². The van der Waals surface area contributed by atoms with Crippen LogP contribution in [-0.2, 0) is 11.2 Å². The monoisotopic (exact) mass is 312 g/mol. The summed E-state index contributed by atoms with van der Waals surface area (Å²) < 4.78 is 5.22. The summed E-state index contributed by atoms with van der Waals surface area (Å²) in [6.07, 6.45) is 1.16. The molecule has 0 fully saturated rings. The van der Waals surface area contributed by atoms with E-state index in [1.807, 2.05) is 46.8 Å². The molecule has 0 aromatic heterocycles. The fourth-order valence-electron chi connectivity index (χ4n) is 1.70. The normalized spacial score (nSPS) is 12.1.